The van der Waals surface area contributed by atoms with Gasteiger partial charge in [0.15, 0.2) is 0 Å². The molecule has 0 spiro atoms. The highest BCUT2D eigenvalue weighted by atomic mass is 19.1. The number of rotatable bonds is 7. The molecule has 0 atom stereocenters. The van der Waals surface area contributed by atoms with Crippen molar-refractivity contribution in [2.75, 3.05) is 19.0 Å². The summed E-state index contributed by atoms with van der Waals surface area (Å²) in [6.45, 7) is 0.136. The minimum atomic E-state index is -1.05. The van der Waals surface area contributed by atoms with Gasteiger partial charge in [0, 0.05) is 18.2 Å². The number of hydrogen-bond acceptors (Lipinski definition) is 7. The number of anilines is 1. The Morgan fingerprint density at radius 1 is 1.22 bits per heavy atom. The van der Waals surface area contributed by atoms with Gasteiger partial charge in [-0.3, -0.25) is 9.78 Å². The van der Waals surface area contributed by atoms with E-state index in [1.54, 1.807) is 0 Å². The molecule has 3 aromatic rings. The van der Waals surface area contributed by atoms with Crippen LogP contribution in [0, 0.1) is 11.6 Å². The van der Waals surface area contributed by atoms with Crippen molar-refractivity contribution >= 4 is 11.9 Å². The molecule has 0 unspecified atom stereocenters. The molecule has 166 valence electrons. The first-order valence-electron chi connectivity index (χ1n) is 9.70. The summed E-state index contributed by atoms with van der Waals surface area (Å²) in [6.07, 6.45) is 1.88. The molecule has 2 heterocycles. The molecule has 0 bridgehead atoms. The summed E-state index contributed by atoms with van der Waals surface area (Å²) in [6, 6.07) is 5.03. The topological polar surface area (TPSA) is 116 Å². The van der Waals surface area contributed by atoms with Crippen LogP contribution < -0.4 is 15.8 Å². The zero-order valence-electron chi connectivity index (χ0n) is 17.0. The molecule has 3 N–H and O–H groups in total. The van der Waals surface area contributed by atoms with E-state index in [1.165, 1.54) is 37.7 Å². The van der Waals surface area contributed by atoms with Gasteiger partial charge in [0.1, 0.15) is 29.2 Å². The molecule has 32 heavy (non-hydrogen) atoms. The number of carbonyl (C=O) groups excluding carboxylic acids is 1. The summed E-state index contributed by atoms with van der Waals surface area (Å²) in [5.41, 5.74) is 4.56. The first-order valence-corrected chi connectivity index (χ1v) is 9.70. The predicted molar refractivity (Wildman–Crippen MR) is 109 cm³/mol. The minimum Gasteiger partial charge on any atom is -0.495 e. The third kappa shape index (κ3) is 3.81. The number of benzene rings is 1. The monoisotopic (exact) mass is 444 g/mol. The number of nitrogens with one attached hydrogen (secondary N) is 1. The number of aromatic nitrogens is 4. The van der Waals surface area contributed by atoms with Crippen molar-refractivity contribution in [3.05, 3.63) is 59.6 Å². The van der Waals surface area contributed by atoms with Crippen molar-refractivity contribution in [1.29, 1.82) is 0 Å². The lowest BCUT2D eigenvalue weighted by Crippen LogP contribution is -2.49. The van der Waals surface area contributed by atoms with Crippen LogP contribution in [0.4, 0.5) is 19.1 Å². The van der Waals surface area contributed by atoms with E-state index in [4.69, 9.17) is 10.5 Å². The second-order valence-corrected chi connectivity index (χ2v) is 7.51. The van der Waals surface area contributed by atoms with Crippen molar-refractivity contribution in [3.63, 3.8) is 0 Å². The summed E-state index contributed by atoms with van der Waals surface area (Å²) >= 11 is 0. The lowest BCUT2D eigenvalue weighted by Gasteiger charge is -2.43. The smallest absolute Gasteiger partial charge is 0.252 e. The third-order valence-electron chi connectivity index (χ3n) is 5.46. The van der Waals surface area contributed by atoms with Crippen LogP contribution in [0.5, 0.6) is 5.75 Å². The Morgan fingerprint density at radius 3 is 2.59 bits per heavy atom. The van der Waals surface area contributed by atoms with E-state index in [9.17, 15) is 18.0 Å². The summed E-state index contributed by atoms with van der Waals surface area (Å²) < 4.78 is 47.6. The zero-order valence-corrected chi connectivity index (χ0v) is 17.0. The van der Waals surface area contributed by atoms with Crippen molar-refractivity contribution in [3.8, 4) is 17.0 Å². The normalized spacial score (nSPS) is 19.8. The van der Waals surface area contributed by atoms with Crippen LogP contribution >= 0.6 is 0 Å². The fourth-order valence-electron chi connectivity index (χ4n) is 3.91. The maximum absolute atomic E-state index is 14.5. The molecule has 1 saturated carbocycles. The Morgan fingerprint density at radius 2 is 2.00 bits per heavy atom. The summed E-state index contributed by atoms with van der Waals surface area (Å²) in [5, 5.41) is 10.8. The van der Waals surface area contributed by atoms with E-state index < -0.39 is 29.1 Å². The maximum atomic E-state index is 14.5. The molecule has 2 aromatic heterocycles. The first kappa shape index (κ1) is 21.5. The number of hydrogen-bond donors (Lipinski definition) is 2. The largest absolute Gasteiger partial charge is 0.495 e. The van der Waals surface area contributed by atoms with Crippen molar-refractivity contribution in [1.82, 2.24) is 20.2 Å². The van der Waals surface area contributed by atoms with Gasteiger partial charge in [-0.25, -0.2) is 18.2 Å². The van der Waals surface area contributed by atoms with E-state index in [-0.39, 0.29) is 53.6 Å². The van der Waals surface area contributed by atoms with Gasteiger partial charge in [-0.1, -0.05) is 0 Å². The molecule has 11 heteroatoms. The Kier molecular flexibility index (Phi) is 5.64. The van der Waals surface area contributed by atoms with Crippen LogP contribution in [0.2, 0.25) is 0 Å². The molecule has 0 aliphatic heterocycles. The molecule has 8 nitrogen and oxygen atoms in total. The van der Waals surface area contributed by atoms with Crippen LogP contribution in [0.3, 0.4) is 0 Å². The molecular formula is C21H19F3N6O2. The van der Waals surface area contributed by atoms with Gasteiger partial charge in [-0.15, -0.1) is 10.2 Å². The minimum absolute atomic E-state index is 0.0157. The number of ether oxygens (including phenoxy) is 1. The number of halogens is 3. The lowest BCUT2D eigenvalue weighted by molar-refractivity contribution is 0.0963. The lowest BCUT2D eigenvalue weighted by atomic mass is 9.65. The molecule has 0 radical (unpaired) electrons. The fourth-order valence-corrected chi connectivity index (χ4v) is 3.91. The molecule has 1 fully saturated rings. The van der Waals surface area contributed by atoms with Crippen LogP contribution in [0.15, 0.2) is 36.7 Å². The number of nitrogens with zero attached hydrogens (tertiary/aromatic N) is 4. The SMILES string of the molecule is COc1c(C(N)=O)ccc(F)c1-c1cnc(NCC2(c3ncccc3F)CC(F)C2)nn1. The first-order chi connectivity index (χ1) is 15.3. The van der Waals surface area contributed by atoms with Gasteiger partial charge in [0.2, 0.25) is 5.95 Å². The zero-order chi connectivity index (χ0) is 22.9. The van der Waals surface area contributed by atoms with Gasteiger partial charge in [0.05, 0.1) is 30.1 Å². The second-order valence-electron chi connectivity index (χ2n) is 7.51. The molecule has 1 aliphatic carbocycles. The van der Waals surface area contributed by atoms with Gasteiger partial charge in [-0.2, -0.15) is 0 Å². The molecule has 4 rings (SSSR count). The van der Waals surface area contributed by atoms with Gasteiger partial charge in [-0.05, 0) is 37.1 Å². The van der Waals surface area contributed by atoms with E-state index in [1.807, 2.05) is 0 Å². The Bertz CT molecular complexity index is 1150. The third-order valence-corrected chi connectivity index (χ3v) is 5.46. The van der Waals surface area contributed by atoms with Crippen LogP contribution in [0.1, 0.15) is 28.9 Å². The van der Waals surface area contributed by atoms with Crippen molar-refractivity contribution < 1.29 is 22.7 Å². The number of methoxy groups -OCH3 is 1. The maximum Gasteiger partial charge on any atom is 0.252 e. The number of primary amides is 1. The average molecular weight is 444 g/mol. The summed E-state index contributed by atoms with van der Waals surface area (Å²) in [7, 11) is 1.27. The highest BCUT2D eigenvalue weighted by Gasteiger charge is 2.48. The second kappa shape index (κ2) is 8.40. The summed E-state index contributed by atoms with van der Waals surface area (Å²) in [4.78, 5) is 19.8. The van der Waals surface area contributed by atoms with E-state index >= 15 is 0 Å². The molecular weight excluding hydrogens is 425 g/mol. The fraction of sp³-hybridized carbons (Fsp3) is 0.286. The molecule has 1 aromatic carbocycles. The Hall–Kier alpha value is -3.76. The number of carbonyl (C=O) groups is 1. The summed E-state index contributed by atoms with van der Waals surface area (Å²) in [5.74, 6) is -2.00. The number of nitrogens with two attached hydrogens (primary N) is 1. The van der Waals surface area contributed by atoms with Gasteiger partial charge < -0.3 is 15.8 Å². The number of alkyl halides is 1. The average Bonchev–Trinajstić information content (AvgIpc) is 2.76. The highest BCUT2D eigenvalue weighted by molar-refractivity contribution is 5.98. The van der Waals surface area contributed by atoms with E-state index in [2.05, 4.69) is 25.5 Å². The highest BCUT2D eigenvalue weighted by Crippen LogP contribution is 2.45. The van der Waals surface area contributed by atoms with Crippen LogP contribution in [0.25, 0.3) is 11.3 Å². The molecule has 0 saturated heterocycles. The van der Waals surface area contributed by atoms with E-state index in [0.717, 1.165) is 6.07 Å². The Balaban J connectivity index is 1.57. The van der Waals surface area contributed by atoms with Crippen molar-refractivity contribution in [2.24, 2.45) is 5.73 Å². The number of pyridine rings is 1. The van der Waals surface area contributed by atoms with Gasteiger partial charge in [0.25, 0.3) is 5.91 Å². The van der Waals surface area contributed by atoms with Gasteiger partial charge >= 0.3 is 0 Å². The quantitative estimate of drug-likeness (QED) is 0.576. The van der Waals surface area contributed by atoms with Crippen LogP contribution in [-0.2, 0) is 5.41 Å². The number of amides is 1. The van der Waals surface area contributed by atoms with Crippen LogP contribution in [-0.4, -0.2) is 45.9 Å². The Labute approximate surface area is 181 Å². The van der Waals surface area contributed by atoms with E-state index in [0.29, 0.717) is 0 Å². The van der Waals surface area contributed by atoms with Crippen molar-refractivity contribution in [2.45, 2.75) is 24.4 Å². The predicted octanol–water partition coefficient (Wildman–Crippen LogP) is 2.80. The molecule has 1 aliphatic rings. The molecule has 1 amide bonds. The standard InChI is InChI=1S/C21H19F3N6O2/c1-32-17-12(19(25)31)4-5-13(23)16(17)15-9-27-20(30-29-15)28-10-21(7-11(22)8-21)18-14(24)3-2-6-26-18/h2-6,9,11H,7-8,10H2,1H3,(H2,25,31)(H,27,28,30).